The second-order valence-electron chi connectivity index (χ2n) is 10.0. The van der Waals surface area contributed by atoms with Gasteiger partial charge >= 0.3 is 5.97 Å². The molecule has 0 radical (unpaired) electrons. The molecule has 0 saturated carbocycles. The molecule has 1 aromatic rings. The summed E-state index contributed by atoms with van der Waals surface area (Å²) in [4.78, 5) is 44.7. The maximum Gasteiger partial charge on any atom is 0.310 e. The van der Waals surface area contributed by atoms with Gasteiger partial charge in [-0.05, 0) is 43.7 Å². The van der Waals surface area contributed by atoms with Crippen LogP contribution in [-0.2, 0) is 19.1 Å². The van der Waals surface area contributed by atoms with Crippen LogP contribution in [0.1, 0.15) is 31.7 Å². The van der Waals surface area contributed by atoms with Crippen molar-refractivity contribution < 1.29 is 24.2 Å². The van der Waals surface area contributed by atoms with E-state index in [0.29, 0.717) is 23.6 Å². The fourth-order valence-electron chi connectivity index (χ4n) is 6.45. The van der Waals surface area contributed by atoms with E-state index in [2.05, 4.69) is 20.1 Å². The third kappa shape index (κ3) is 4.51. The number of carbonyl (C=O) groups is 3. The number of unbranched alkanes of at least 4 members (excludes halogenated alkanes) is 1. The lowest BCUT2D eigenvalue weighted by Gasteiger charge is -2.40. The number of amides is 2. The molecule has 0 aromatic heterocycles. The summed E-state index contributed by atoms with van der Waals surface area (Å²) in [5, 5.41) is 10.2. The summed E-state index contributed by atoms with van der Waals surface area (Å²) < 4.78 is 4.80. The number of β-amino-alcohol motifs (C(OH)–C–C–N with tert-alkyl or cyclic N) is 1. The largest absolute Gasteiger partial charge is 0.465 e. The fraction of sp³-hybridized carbons (Fsp3) is 0.536. The molecule has 7 nitrogen and oxygen atoms in total. The molecule has 3 aliphatic heterocycles. The normalized spacial score (nSPS) is 29.8. The molecule has 0 aliphatic carbocycles. The Labute approximate surface area is 227 Å². The van der Waals surface area contributed by atoms with Crippen LogP contribution in [0.15, 0.2) is 43.5 Å². The quantitative estimate of drug-likeness (QED) is 0.256. The van der Waals surface area contributed by atoms with Gasteiger partial charge in [0.2, 0.25) is 5.91 Å². The van der Waals surface area contributed by atoms with Gasteiger partial charge in [0.05, 0.1) is 40.5 Å². The van der Waals surface area contributed by atoms with E-state index in [4.69, 9.17) is 16.3 Å². The summed E-state index contributed by atoms with van der Waals surface area (Å²) in [5.41, 5.74) is 1.40. The number of benzene rings is 1. The highest BCUT2D eigenvalue weighted by Gasteiger charge is 2.76. The number of para-hydroxylation sites is 1. The predicted octanol–water partition coefficient (Wildman–Crippen LogP) is 4.01. The Hall–Kier alpha value is -2.29. The van der Waals surface area contributed by atoms with Gasteiger partial charge < -0.3 is 19.6 Å². The topological polar surface area (TPSA) is 87.2 Å². The zero-order valence-corrected chi connectivity index (χ0v) is 23.0. The first-order chi connectivity index (χ1) is 17.7. The second kappa shape index (κ2) is 11.2. The van der Waals surface area contributed by atoms with Gasteiger partial charge in [-0.15, -0.1) is 24.9 Å². The fourth-order valence-corrected chi connectivity index (χ4v) is 9.17. The zero-order chi connectivity index (χ0) is 26.9. The van der Waals surface area contributed by atoms with Gasteiger partial charge in [-0.2, -0.15) is 0 Å². The number of thioether (sulfide) groups is 1. The number of aliphatic hydroxyl groups excluding tert-OH is 1. The van der Waals surface area contributed by atoms with Crippen molar-refractivity contribution in [1.82, 2.24) is 4.90 Å². The van der Waals surface area contributed by atoms with Crippen molar-refractivity contribution in [2.24, 2.45) is 17.8 Å². The number of esters is 1. The van der Waals surface area contributed by atoms with E-state index in [0.717, 1.165) is 12.0 Å². The van der Waals surface area contributed by atoms with Gasteiger partial charge in [0, 0.05) is 18.3 Å². The number of halogens is 1. The number of rotatable bonds is 11. The zero-order valence-electron chi connectivity index (χ0n) is 21.4. The summed E-state index contributed by atoms with van der Waals surface area (Å²) in [5.74, 6) is -2.22. The van der Waals surface area contributed by atoms with Crippen molar-refractivity contribution in [1.29, 1.82) is 0 Å². The third-order valence-corrected chi connectivity index (χ3v) is 10.3. The van der Waals surface area contributed by atoms with Gasteiger partial charge in [0.15, 0.2) is 0 Å². The molecular weight excluding hydrogens is 512 g/mol. The van der Waals surface area contributed by atoms with E-state index in [1.54, 1.807) is 34.9 Å². The molecule has 9 heteroatoms. The van der Waals surface area contributed by atoms with Crippen LogP contribution in [0, 0.1) is 24.7 Å². The molecule has 37 heavy (non-hydrogen) atoms. The predicted molar refractivity (Wildman–Crippen MR) is 147 cm³/mol. The van der Waals surface area contributed by atoms with Crippen molar-refractivity contribution >= 4 is 46.8 Å². The second-order valence-corrected chi connectivity index (χ2v) is 12.0. The van der Waals surface area contributed by atoms with Crippen LogP contribution in [0.2, 0.25) is 5.02 Å². The number of anilines is 1. The van der Waals surface area contributed by atoms with Crippen LogP contribution in [0.5, 0.6) is 0 Å². The van der Waals surface area contributed by atoms with Crippen LogP contribution in [-0.4, -0.2) is 70.1 Å². The third-order valence-electron chi connectivity index (χ3n) is 7.93. The average molecular weight is 547 g/mol. The average Bonchev–Trinajstić information content (AvgIpc) is 3.45. The molecule has 2 bridgehead atoms. The van der Waals surface area contributed by atoms with E-state index in [1.165, 1.54) is 4.90 Å². The Morgan fingerprint density at radius 1 is 1.35 bits per heavy atom. The van der Waals surface area contributed by atoms with Crippen molar-refractivity contribution in [2.75, 3.05) is 31.2 Å². The van der Waals surface area contributed by atoms with Gasteiger partial charge in [-0.1, -0.05) is 42.8 Å². The molecular formula is C28H35ClN2O5S. The van der Waals surface area contributed by atoms with Gasteiger partial charge in [0.25, 0.3) is 5.91 Å². The maximum absolute atomic E-state index is 14.5. The number of aryl methyl sites for hydroxylation is 1. The number of carbonyl (C=O) groups excluding carboxylic acids is 3. The number of hydrogen-bond acceptors (Lipinski definition) is 6. The van der Waals surface area contributed by atoms with Gasteiger partial charge in [0.1, 0.15) is 6.04 Å². The summed E-state index contributed by atoms with van der Waals surface area (Å²) in [7, 11) is 0. The molecule has 4 rings (SSSR count). The number of likely N-dealkylation sites (tertiary alicyclic amines) is 1. The van der Waals surface area contributed by atoms with E-state index in [1.807, 2.05) is 19.1 Å². The molecule has 2 amide bonds. The number of hydrogen-bond donors (Lipinski definition) is 1. The number of allylic oxidation sites excluding steroid dienone is 1. The van der Waals surface area contributed by atoms with E-state index >= 15 is 0 Å². The number of fused-ring (bicyclic) bond motifs is 1. The SMILES string of the molecule is C=CCCCOC(=O)[C@@H]1[C@@H]2CC(C)C3(S2)C(C(=O)N(CC=C)c2c(C)cccc2Cl)N(CCO)C(=O)[C@H]13. The lowest BCUT2D eigenvalue weighted by Crippen LogP contribution is -2.57. The maximum atomic E-state index is 14.5. The molecule has 3 unspecified atom stereocenters. The summed E-state index contributed by atoms with van der Waals surface area (Å²) in [6.07, 6.45) is 5.53. The van der Waals surface area contributed by atoms with E-state index < -0.39 is 22.6 Å². The molecule has 3 heterocycles. The van der Waals surface area contributed by atoms with Crippen molar-refractivity contribution in [3.8, 4) is 0 Å². The summed E-state index contributed by atoms with van der Waals surface area (Å²) in [6, 6.07) is 4.59. The van der Waals surface area contributed by atoms with E-state index in [9.17, 15) is 19.5 Å². The molecule has 200 valence electrons. The Morgan fingerprint density at radius 3 is 2.76 bits per heavy atom. The number of aliphatic hydroxyl groups is 1. The lowest BCUT2D eigenvalue weighted by atomic mass is 9.66. The Bertz CT molecular complexity index is 1080. The first kappa shape index (κ1) is 27.7. The van der Waals surface area contributed by atoms with Crippen LogP contribution in [0.3, 0.4) is 0 Å². The molecule has 3 aliphatic rings. The first-order valence-electron chi connectivity index (χ1n) is 12.8. The van der Waals surface area contributed by atoms with Crippen molar-refractivity contribution in [2.45, 2.75) is 49.1 Å². The number of nitrogens with zero attached hydrogens (tertiary/aromatic N) is 2. The van der Waals surface area contributed by atoms with Gasteiger partial charge in [-0.3, -0.25) is 14.4 Å². The Balaban J connectivity index is 1.75. The van der Waals surface area contributed by atoms with Crippen LogP contribution in [0.25, 0.3) is 0 Å². The summed E-state index contributed by atoms with van der Waals surface area (Å²) in [6.45, 7) is 11.7. The highest BCUT2D eigenvalue weighted by molar-refractivity contribution is 8.02. The lowest BCUT2D eigenvalue weighted by molar-refractivity contribution is -0.154. The minimum Gasteiger partial charge on any atom is -0.465 e. The molecule has 3 fully saturated rings. The minimum absolute atomic E-state index is 0.00989. The van der Waals surface area contributed by atoms with Crippen LogP contribution in [0.4, 0.5) is 5.69 Å². The molecule has 3 saturated heterocycles. The first-order valence-corrected chi connectivity index (χ1v) is 14.0. The van der Waals surface area contributed by atoms with Crippen LogP contribution >= 0.6 is 23.4 Å². The van der Waals surface area contributed by atoms with E-state index in [-0.39, 0.29) is 55.3 Å². The Kier molecular flexibility index (Phi) is 8.41. The van der Waals surface area contributed by atoms with Gasteiger partial charge in [-0.25, -0.2) is 0 Å². The highest BCUT2D eigenvalue weighted by Crippen LogP contribution is 2.68. The molecule has 6 atom stereocenters. The minimum atomic E-state index is -0.851. The standard InChI is InChI=1S/C28H35ClN2O5S/c1-5-7-8-15-36-27(35)21-20-16-18(4)28(37-20)22(21)25(33)31(13-14-32)24(28)26(34)30(12-6-2)23-17(3)10-9-11-19(23)29/h5-6,9-11,18,20-22,24,32H,1-2,7-8,12-16H2,3-4H3/t18?,20-,21+,22-,24?,28?/m0/s1. The van der Waals surface area contributed by atoms with Crippen molar-refractivity contribution in [3.63, 3.8) is 0 Å². The summed E-state index contributed by atoms with van der Waals surface area (Å²) >= 11 is 8.15. The smallest absolute Gasteiger partial charge is 0.310 e. The van der Waals surface area contributed by atoms with Crippen LogP contribution < -0.4 is 4.90 Å². The van der Waals surface area contributed by atoms with Crippen molar-refractivity contribution in [3.05, 3.63) is 54.1 Å². The molecule has 1 spiro atoms. The molecule has 1 aromatic carbocycles. The highest BCUT2D eigenvalue weighted by atomic mass is 35.5. The number of ether oxygens (including phenoxy) is 1. The monoisotopic (exact) mass is 546 g/mol. The Morgan fingerprint density at radius 2 is 2.11 bits per heavy atom. The molecule has 1 N–H and O–H groups in total.